The second-order valence-corrected chi connectivity index (χ2v) is 5.04. The van der Waals surface area contributed by atoms with Crippen LogP contribution in [0, 0.1) is 11.8 Å². The minimum Gasteiger partial charge on any atom is -0.314 e. The summed E-state index contributed by atoms with van der Waals surface area (Å²) in [4.78, 5) is 0. The van der Waals surface area contributed by atoms with Gasteiger partial charge in [-0.2, -0.15) is 0 Å². The standard InChI is InChI=1S/C13H27N/c1-4-5-6-10-14-13-9-7-8-11(2)12(13)3/h11-14H,4-10H2,1-3H3. The van der Waals surface area contributed by atoms with Gasteiger partial charge in [0.1, 0.15) is 0 Å². The third-order valence-corrected chi connectivity index (χ3v) is 3.89. The van der Waals surface area contributed by atoms with Crippen LogP contribution in [0.3, 0.4) is 0 Å². The summed E-state index contributed by atoms with van der Waals surface area (Å²) >= 11 is 0. The molecule has 84 valence electrons. The van der Waals surface area contributed by atoms with E-state index in [0.29, 0.717) is 0 Å². The highest BCUT2D eigenvalue weighted by atomic mass is 14.9. The van der Waals surface area contributed by atoms with E-state index in [-0.39, 0.29) is 0 Å². The Balaban J connectivity index is 2.15. The van der Waals surface area contributed by atoms with Crippen LogP contribution in [0.5, 0.6) is 0 Å². The van der Waals surface area contributed by atoms with E-state index in [1.165, 1.54) is 45.1 Å². The first-order chi connectivity index (χ1) is 6.75. The first-order valence-electron chi connectivity index (χ1n) is 6.49. The number of hydrogen-bond donors (Lipinski definition) is 1. The summed E-state index contributed by atoms with van der Waals surface area (Å²) < 4.78 is 0. The van der Waals surface area contributed by atoms with Gasteiger partial charge >= 0.3 is 0 Å². The number of rotatable bonds is 5. The van der Waals surface area contributed by atoms with Crippen LogP contribution >= 0.6 is 0 Å². The molecule has 0 amide bonds. The van der Waals surface area contributed by atoms with Gasteiger partial charge in [0.15, 0.2) is 0 Å². The summed E-state index contributed by atoms with van der Waals surface area (Å²) in [5.41, 5.74) is 0. The van der Waals surface area contributed by atoms with Crippen LogP contribution in [0.25, 0.3) is 0 Å². The lowest BCUT2D eigenvalue weighted by Gasteiger charge is -2.34. The van der Waals surface area contributed by atoms with Crippen LogP contribution in [0.4, 0.5) is 0 Å². The predicted molar refractivity (Wildman–Crippen MR) is 63.5 cm³/mol. The lowest BCUT2D eigenvalue weighted by molar-refractivity contribution is 0.207. The van der Waals surface area contributed by atoms with Gasteiger partial charge in [-0.25, -0.2) is 0 Å². The first-order valence-corrected chi connectivity index (χ1v) is 6.49. The van der Waals surface area contributed by atoms with E-state index in [2.05, 4.69) is 26.1 Å². The monoisotopic (exact) mass is 197 g/mol. The van der Waals surface area contributed by atoms with Crippen LogP contribution < -0.4 is 5.32 Å². The second-order valence-electron chi connectivity index (χ2n) is 5.04. The molecular weight excluding hydrogens is 170 g/mol. The molecule has 3 atom stereocenters. The fourth-order valence-corrected chi connectivity index (χ4v) is 2.53. The van der Waals surface area contributed by atoms with E-state index in [1.807, 2.05) is 0 Å². The molecule has 14 heavy (non-hydrogen) atoms. The maximum atomic E-state index is 3.74. The molecule has 0 aliphatic heterocycles. The topological polar surface area (TPSA) is 12.0 Å². The Bertz CT molecular complexity index is 144. The fourth-order valence-electron chi connectivity index (χ4n) is 2.53. The molecule has 1 nitrogen and oxygen atoms in total. The Labute approximate surface area is 89.7 Å². The zero-order valence-electron chi connectivity index (χ0n) is 10.2. The molecule has 1 heteroatoms. The molecule has 1 aliphatic rings. The summed E-state index contributed by atoms with van der Waals surface area (Å²) in [6.07, 6.45) is 8.33. The Morgan fingerprint density at radius 1 is 1.14 bits per heavy atom. The van der Waals surface area contributed by atoms with Crippen molar-refractivity contribution in [1.82, 2.24) is 5.32 Å². The molecule has 0 spiro atoms. The molecule has 0 aromatic carbocycles. The summed E-state index contributed by atoms with van der Waals surface area (Å²) in [5, 5.41) is 3.74. The smallest absolute Gasteiger partial charge is 0.00952 e. The van der Waals surface area contributed by atoms with Gasteiger partial charge in [-0.15, -0.1) is 0 Å². The summed E-state index contributed by atoms with van der Waals surface area (Å²) in [6.45, 7) is 8.33. The van der Waals surface area contributed by atoms with Gasteiger partial charge in [0, 0.05) is 6.04 Å². The Hall–Kier alpha value is -0.0400. The van der Waals surface area contributed by atoms with Gasteiger partial charge in [0.2, 0.25) is 0 Å². The van der Waals surface area contributed by atoms with E-state index < -0.39 is 0 Å². The minimum atomic E-state index is 0.801. The zero-order chi connectivity index (χ0) is 10.4. The average Bonchev–Trinajstić information content (AvgIpc) is 2.19. The quantitative estimate of drug-likeness (QED) is 0.664. The summed E-state index contributed by atoms with van der Waals surface area (Å²) in [5.74, 6) is 1.80. The van der Waals surface area contributed by atoms with E-state index in [1.54, 1.807) is 0 Å². The normalized spacial score (nSPS) is 33.2. The molecule has 1 rings (SSSR count). The molecule has 1 N–H and O–H groups in total. The van der Waals surface area contributed by atoms with Gasteiger partial charge < -0.3 is 5.32 Å². The highest BCUT2D eigenvalue weighted by Crippen LogP contribution is 2.29. The van der Waals surface area contributed by atoms with Crippen LogP contribution in [0.2, 0.25) is 0 Å². The van der Waals surface area contributed by atoms with Gasteiger partial charge in [-0.1, -0.05) is 46.5 Å². The molecule has 1 aliphatic carbocycles. The van der Waals surface area contributed by atoms with Crippen LogP contribution in [0.15, 0.2) is 0 Å². The molecule has 0 bridgehead atoms. The van der Waals surface area contributed by atoms with E-state index >= 15 is 0 Å². The summed E-state index contributed by atoms with van der Waals surface area (Å²) in [7, 11) is 0. The zero-order valence-corrected chi connectivity index (χ0v) is 10.2. The van der Waals surface area contributed by atoms with Crippen LogP contribution in [-0.4, -0.2) is 12.6 Å². The van der Waals surface area contributed by atoms with Crippen molar-refractivity contribution in [3.8, 4) is 0 Å². The Morgan fingerprint density at radius 2 is 1.93 bits per heavy atom. The third-order valence-electron chi connectivity index (χ3n) is 3.89. The van der Waals surface area contributed by atoms with Crippen LogP contribution in [0.1, 0.15) is 59.3 Å². The van der Waals surface area contributed by atoms with E-state index in [4.69, 9.17) is 0 Å². The highest BCUT2D eigenvalue weighted by molar-refractivity contribution is 4.81. The van der Waals surface area contributed by atoms with Crippen molar-refractivity contribution in [3.63, 3.8) is 0 Å². The molecule has 1 fully saturated rings. The maximum absolute atomic E-state index is 3.74. The first kappa shape index (κ1) is 12.0. The molecule has 1 saturated carbocycles. The molecule has 0 radical (unpaired) electrons. The fraction of sp³-hybridized carbons (Fsp3) is 1.00. The van der Waals surface area contributed by atoms with E-state index in [9.17, 15) is 0 Å². The average molecular weight is 197 g/mol. The number of hydrogen-bond acceptors (Lipinski definition) is 1. The van der Waals surface area contributed by atoms with Crippen LogP contribution in [-0.2, 0) is 0 Å². The molecule has 0 heterocycles. The van der Waals surface area contributed by atoms with E-state index in [0.717, 1.165) is 17.9 Å². The Kier molecular flexibility index (Phi) is 5.54. The number of unbranched alkanes of at least 4 members (excludes halogenated alkanes) is 2. The second kappa shape index (κ2) is 6.44. The SMILES string of the molecule is CCCCCNC1CCCC(C)C1C. The van der Waals surface area contributed by atoms with Crippen molar-refractivity contribution in [1.29, 1.82) is 0 Å². The van der Waals surface area contributed by atoms with Crippen molar-refractivity contribution < 1.29 is 0 Å². The largest absolute Gasteiger partial charge is 0.314 e. The molecule has 3 unspecified atom stereocenters. The van der Waals surface area contributed by atoms with Gasteiger partial charge in [-0.05, 0) is 31.2 Å². The Morgan fingerprint density at radius 3 is 2.64 bits per heavy atom. The molecule has 0 aromatic heterocycles. The molecule has 0 saturated heterocycles. The predicted octanol–water partition coefficient (Wildman–Crippen LogP) is 3.59. The van der Waals surface area contributed by atoms with Crippen molar-refractivity contribution in [2.24, 2.45) is 11.8 Å². The number of nitrogens with one attached hydrogen (secondary N) is 1. The lowest BCUT2D eigenvalue weighted by atomic mass is 9.78. The molecule has 0 aromatic rings. The van der Waals surface area contributed by atoms with Gasteiger partial charge in [0.25, 0.3) is 0 Å². The molecular formula is C13H27N. The highest BCUT2D eigenvalue weighted by Gasteiger charge is 2.25. The maximum Gasteiger partial charge on any atom is 0.00952 e. The minimum absolute atomic E-state index is 0.801. The van der Waals surface area contributed by atoms with Gasteiger partial charge in [-0.3, -0.25) is 0 Å². The van der Waals surface area contributed by atoms with Gasteiger partial charge in [0.05, 0.1) is 0 Å². The summed E-state index contributed by atoms with van der Waals surface area (Å²) in [6, 6.07) is 0.801. The lowest BCUT2D eigenvalue weighted by Crippen LogP contribution is -2.40. The third kappa shape index (κ3) is 3.61. The van der Waals surface area contributed by atoms with Crippen molar-refractivity contribution in [3.05, 3.63) is 0 Å². The van der Waals surface area contributed by atoms with Crippen molar-refractivity contribution in [2.45, 2.75) is 65.3 Å². The van der Waals surface area contributed by atoms with Crippen molar-refractivity contribution >= 4 is 0 Å². The van der Waals surface area contributed by atoms with Crippen molar-refractivity contribution in [2.75, 3.05) is 6.54 Å².